The zero-order valence-corrected chi connectivity index (χ0v) is 27.4. The van der Waals surface area contributed by atoms with E-state index in [2.05, 4.69) is 103 Å². The number of hydrogen-bond donors (Lipinski definition) is 0. The number of furan rings is 1. The summed E-state index contributed by atoms with van der Waals surface area (Å²) < 4.78 is 21.6. The van der Waals surface area contributed by atoms with Crippen LogP contribution in [-0.2, 0) is 4.57 Å². The summed E-state index contributed by atoms with van der Waals surface area (Å²) >= 11 is 0. The van der Waals surface area contributed by atoms with E-state index in [0.29, 0.717) is 0 Å². The van der Waals surface area contributed by atoms with Crippen molar-refractivity contribution in [1.29, 1.82) is 0 Å². The molecule has 0 aliphatic rings. The van der Waals surface area contributed by atoms with E-state index in [1.165, 1.54) is 48.7 Å². The van der Waals surface area contributed by atoms with Gasteiger partial charge in [-0.25, -0.2) is 0 Å². The Morgan fingerprint density at radius 3 is 1.45 bits per heavy atom. The highest BCUT2D eigenvalue weighted by Gasteiger charge is 2.30. The van der Waals surface area contributed by atoms with Crippen LogP contribution in [-0.4, -0.2) is 0 Å². The van der Waals surface area contributed by atoms with Crippen LogP contribution in [0, 0.1) is 0 Å². The highest BCUT2D eigenvalue weighted by atomic mass is 31.2. The Balaban J connectivity index is 1.24. The number of benzene rings is 9. The van der Waals surface area contributed by atoms with Crippen LogP contribution in [0.15, 0.2) is 180 Å². The third-order valence-corrected chi connectivity index (χ3v) is 13.2. The van der Waals surface area contributed by atoms with Crippen molar-refractivity contribution in [3.05, 3.63) is 176 Å². The molecule has 0 N–H and O–H groups in total. The van der Waals surface area contributed by atoms with Crippen LogP contribution in [0.25, 0.3) is 76.2 Å². The first-order chi connectivity index (χ1) is 24.2. The van der Waals surface area contributed by atoms with Crippen LogP contribution in [0.5, 0.6) is 0 Å². The highest BCUT2D eigenvalue weighted by molar-refractivity contribution is 7.85. The molecule has 1 heterocycles. The van der Waals surface area contributed by atoms with Gasteiger partial charge in [0.2, 0.25) is 0 Å². The molecule has 0 fully saturated rings. The minimum Gasteiger partial charge on any atom is -0.456 e. The smallest absolute Gasteiger partial charge is 0.171 e. The SMILES string of the molecule is O=P(c1ccccc1)(c1ccccc1)c1ccc2oc3ccc(-c4cc5c6ccccc6c6ccccc6c5c5ccccc45)cc3c2c1. The summed E-state index contributed by atoms with van der Waals surface area (Å²) in [6, 6.07) is 60.8. The van der Waals surface area contributed by atoms with Crippen LogP contribution < -0.4 is 15.9 Å². The zero-order chi connectivity index (χ0) is 32.5. The lowest BCUT2D eigenvalue weighted by atomic mass is 9.87. The normalized spacial score (nSPS) is 12.2. The maximum absolute atomic E-state index is 15.2. The maximum atomic E-state index is 15.2. The summed E-state index contributed by atoms with van der Waals surface area (Å²) in [5.41, 5.74) is 3.89. The predicted octanol–water partition coefficient (Wildman–Crippen LogP) is 11.5. The highest BCUT2D eigenvalue weighted by Crippen LogP contribution is 2.46. The Kier molecular flexibility index (Phi) is 6.19. The fourth-order valence-corrected chi connectivity index (χ4v) is 10.5. The molecule has 1 aromatic heterocycles. The van der Waals surface area contributed by atoms with Gasteiger partial charge < -0.3 is 8.98 Å². The van der Waals surface area contributed by atoms with Gasteiger partial charge in [-0.1, -0.05) is 140 Å². The quantitative estimate of drug-likeness (QED) is 0.141. The van der Waals surface area contributed by atoms with Gasteiger partial charge in [-0.3, -0.25) is 0 Å². The molecular weight excluding hydrogens is 615 g/mol. The van der Waals surface area contributed by atoms with E-state index >= 15 is 4.57 Å². The first-order valence-corrected chi connectivity index (χ1v) is 18.3. The molecule has 3 heteroatoms. The maximum Gasteiger partial charge on any atom is 0.171 e. The van der Waals surface area contributed by atoms with Crippen molar-refractivity contribution in [2.45, 2.75) is 0 Å². The lowest BCUT2D eigenvalue weighted by Gasteiger charge is -2.20. The Morgan fingerprint density at radius 1 is 0.347 bits per heavy atom. The van der Waals surface area contributed by atoms with E-state index in [-0.39, 0.29) is 0 Å². The van der Waals surface area contributed by atoms with Gasteiger partial charge in [-0.05, 0) is 90.6 Å². The summed E-state index contributed by atoms with van der Waals surface area (Å²) in [6.45, 7) is 0. The molecule has 230 valence electrons. The molecule has 9 aromatic carbocycles. The minimum atomic E-state index is -3.15. The molecule has 0 bridgehead atoms. The van der Waals surface area contributed by atoms with E-state index < -0.39 is 7.14 Å². The number of rotatable bonds is 4. The molecule has 0 amide bonds. The summed E-state index contributed by atoms with van der Waals surface area (Å²) in [5, 5.41) is 14.4. The fraction of sp³-hybridized carbons (Fsp3) is 0. The lowest BCUT2D eigenvalue weighted by Crippen LogP contribution is -2.24. The molecule has 49 heavy (non-hydrogen) atoms. The second kappa shape index (κ2) is 10.8. The summed E-state index contributed by atoms with van der Waals surface area (Å²) in [7, 11) is -3.15. The first-order valence-electron chi connectivity index (χ1n) is 16.6. The summed E-state index contributed by atoms with van der Waals surface area (Å²) in [6.07, 6.45) is 0. The second-order valence-electron chi connectivity index (χ2n) is 12.8. The van der Waals surface area contributed by atoms with Gasteiger partial charge in [0.05, 0.1) is 0 Å². The van der Waals surface area contributed by atoms with Crippen LogP contribution in [0.3, 0.4) is 0 Å². The molecule has 2 nitrogen and oxygen atoms in total. The largest absolute Gasteiger partial charge is 0.456 e. The number of fused-ring (bicyclic) bond motifs is 11. The van der Waals surface area contributed by atoms with Gasteiger partial charge in [0.25, 0.3) is 0 Å². The summed E-state index contributed by atoms with van der Waals surface area (Å²) in [5.74, 6) is 0. The van der Waals surface area contributed by atoms with Crippen LogP contribution >= 0.6 is 7.14 Å². The van der Waals surface area contributed by atoms with Crippen molar-refractivity contribution in [1.82, 2.24) is 0 Å². The molecule has 0 aliphatic carbocycles. The van der Waals surface area contributed by atoms with Crippen LogP contribution in [0.4, 0.5) is 0 Å². The molecule has 0 atom stereocenters. The molecule has 0 radical (unpaired) electrons. The van der Waals surface area contributed by atoms with E-state index in [0.717, 1.165) is 43.4 Å². The van der Waals surface area contributed by atoms with Gasteiger partial charge in [-0.2, -0.15) is 0 Å². The number of hydrogen-bond acceptors (Lipinski definition) is 2. The van der Waals surface area contributed by atoms with Gasteiger partial charge in [-0.15, -0.1) is 0 Å². The monoisotopic (exact) mass is 644 g/mol. The summed E-state index contributed by atoms with van der Waals surface area (Å²) in [4.78, 5) is 0. The van der Waals surface area contributed by atoms with E-state index in [1.807, 2.05) is 72.8 Å². The second-order valence-corrected chi connectivity index (χ2v) is 15.5. The average Bonchev–Trinajstić information content (AvgIpc) is 3.55. The van der Waals surface area contributed by atoms with E-state index in [4.69, 9.17) is 4.42 Å². The average molecular weight is 645 g/mol. The van der Waals surface area contributed by atoms with Crippen molar-refractivity contribution < 1.29 is 8.98 Å². The Labute approximate surface area is 283 Å². The zero-order valence-electron chi connectivity index (χ0n) is 26.5. The van der Waals surface area contributed by atoms with Crippen molar-refractivity contribution in [3.63, 3.8) is 0 Å². The standard InChI is InChI=1S/C46H29O2P/c47-49(31-13-3-1-4-14-31,32-15-5-2-6-16-32)33-24-26-45-42(28-33)41-27-30(23-25-44(41)48-45)40-29-43-36-19-8-7-17-34(36)35-18-9-11-21-38(35)46(43)39-22-12-10-20-37(39)40/h1-29H. The van der Waals surface area contributed by atoms with E-state index in [9.17, 15) is 0 Å². The third kappa shape index (κ3) is 4.18. The Morgan fingerprint density at radius 2 is 0.816 bits per heavy atom. The van der Waals surface area contributed by atoms with Gasteiger partial charge in [0.15, 0.2) is 7.14 Å². The first kappa shape index (κ1) is 28.1. The minimum absolute atomic E-state index is 0.782. The van der Waals surface area contributed by atoms with Gasteiger partial charge >= 0.3 is 0 Å². The van der Waals surface area contributed by atoms with Gasteiger partial charge in [0.1, 0.15) is 11.2 Å². The third-order valence-electron chi connectivity index (χ3n) is 10.1. The Bertz CT molecular complexity index is 2920. The predicted molar refractivity (Wildman–Crippen MR) is 209 cm³/mol. The molecule has 0 saturated heterocycles. The van der Waals surface area contributed by atoms with Crippen molar-refractivity contribution in [2.75, 3.05) is 0 Å². The van der Waals surface area contributed by atoms with Gasteiger partial charge in [0, 0.05) is 26.7 Å². The molecule has 0 spiro atoms. The van der Waals surface area contributed by atoms with Crippen molar-refractivity contribution in [3.8, 4) is 11.1 Å². The van der Waals surface area contributed by atoms with E-state index in [1.54, 1.807) is 0 Å². The molecule has 0 unspecified atom stereocenters. The van der Waals surface area contributed by atoms with Crippen molar-refractivity contribution >= 4 is 88.1 Å². The molecular formula is C46H29O2P. The molecule has 0 aliphatic heterocycles. The lowest BCUT2D eigenvalue weighted by molar-refractivity contribution is 0.592. The fourth-order valence-electron chi connectivity index (χ4n) is 7.86. The topological polar surface area (TPSA) is 30.2 Å². The molecule has 10 aromatic rings. The molecule has 0 saturated carbocycles. The Hall–Kier alpha value is -5.95. The van der Waals surface area contributed by atoms with Crippen LogP contribution in [0.1, 0.15) is 0 Å². The molecule has 10 rings (SSSR count). The van der Waals surface area contributed by atoms with Crippen molar-refractivity contribution in [2.24, 2.45) is 0 Å². The van der Waals surface area contributed by atoms with Crippen LogP contribution in [0.2, 0.25) is 0 Å².